The third kappa shape index (κ3) is 2.91. The summed E-state index contributed by atoms with van der Waals surface area (Å²) >= 11 is 0. The molecule has 1 aromatic carbocycles. The highest BCUT2D eigenvalue weighted by molar-refractivity contribution is 5.54. The molecule has 1 heterocycles. The van der Waals surface area contributed by atoms with Crippen molar-refractivity contribution in [3.63, 3.8) is 0 Å². The summed E-state index contributed by atoms with van der Waals surface area (Å²) < 4.78 is 5.13. The number of benzene rings is 1. The number of aromatic nitrogens is 2. The zero-order chi connectivity index (χ0) is 12.1. The normalized spacial score (nSPS) is 10.1. The molecule has 0 amide bonds. The number of hydrogen-bond acceptors (Lipinski definition) is 4. The van der Waals surface area contributed by atoms with Gasteiger partial charge in [-0.1, -0.05) is 35.0 Å². The minimum Gasteiger partial charge on any atom is -0.339 e. The van der Waals surface area contributed by atoms with Crippen LogP contribution in [0.4, 0.5) is 0 Å². The van der Waals surface area contributed by atoms with Gasteiger partial charge in [-0.25, -0.2) is 0 Å². The molecule has 0 radical (unpaired) electrons. The average molecular weight is 227 g/mol. The minimum atomic E-state index is 0.516. The van der Waals surface area contributed by atoms with Crippen LogP contribution in [0.25, 0.3) is 11.4 Å². The highest BCUT2D eigenvalue weighted by atomic mass is 16.5. The SMILES string of the molecule is Cc1ccc(-c2noc(CCCC#N)n2)cc1. The van der Waals surface area contributed by atoms with Gasteiger partial charge >= 0.3 is 0 Å². The molecule has 0 bridgehead atoms. The van der Waals surface area contributed by atoms with E-state index in [2.05, 4.69) is 16.2 Å². The van der Waals surface area contributed by atoms with Gasteiger partial charge in [-0.15, -0.1) is 0 Å². The summed E-state index contributed by atoms with van der Waals surface area (Å²) in [7, 11) is 0. The van der Waals surface area contributed by atoms with Crippen LogP contribution in [0, 0.1) is 18.3 Å². The summed E-state index contributed by atoms with van der Waals surface area (Å²) in [5, 5.41) is 12.4. The van der Waals surface area contributed by atoms with Gasteiger partial charge < -0.3 is 4.52 Å². The Labute approximate surface area is 99.9 Å². The maximum Gasteiger partial charge on any atom is 0.226 e. The summed E-state index contributed by atoms with van der Waals surface area (Å²) in [4.78, 5) is 4.29. The van der Waals surface area contributed by atoms with E-state index in [1.54, 1.807) is 0 Å². The van der Waals surface area contributed by atoms with Crippen LogP contribution in [0.5, 0.6) is 0 Å². The van der Waals surface area contributed by atoms with Crippen LogP contribution < -0.4 is 0 Å². The molecule has 0 fully saturated rings. The summed E-state index contributed by atoms with van der Waals surface area (Å²) in [5.74, 6) is 1.20. The molecule has 0 aliphatic heterocycles. The van der Waals surface area contributed by atoms with Crippen molar-refractivity contribution in [1.82, 2.24) is 10.1 Å². The molecule has 86 valence electrons. The van der Waals surface area contributed by atoms with Crippen molar-refractivity contribution in [1.29, 1.82) is 5.26 Å². The third-order valence-electron chi connectivity index (χ3n) is 2.46. The molecule has 0 saturated carbocycles. The van der Waals surface area contributed by atoms with Gasteiger partial charge in [-0.2, -0.15) is 10.2 Å². The number of hydrogen-bond donors (Lipinski definition) is 0. The van der Waals surface area contributed by atoms with E-state index in [9.17, 15) is 0 Å². The molecule has 0 aliphatic rings. The van der Waals surface area contributed by atoms with Gasteiger partial charge in [0.05, 0.1) is 6.07 Å². The van der Waals surface area contributed by atoms with Gasteiger partial charge in [0.15, 0.2) is 0 Å². The van der Waals surface area contributed by atoms with Crippen LogP contribution in [0.3, 0.4) is 0 Å². The van der Waals surface area contributed by atoms with Crippen molar-refractivity contribution >= 4 is 0 Å². The molecule has 4 nitrogen and oxygen atoms in total. The van der Waals surface area contributed by atoms with E-state index in [-0.39, 0.29) is 0 Å². The molecular formula is C13H13N3O. The molecule has 2 rings (SSSR count). The standard InChI is InChI=1S/C13H13N3O/c1-10-5-7-11(8-6-10)13-15-12(17-16-13)4-2-3-9-14/h5-8H,2-4H2,1H3. The van der Waals surface area contributed by atoms with Gasteiger partial charge in [-0.05, 0) is 13.3 Å². The lowest BCUT2D eigenvalue weighted by Crippen LogP contribution is -1.85. The molecule has 0 atom stereocenters. The Morgan fingerprint density at radius 1 is 1.29 bits per heavy atom. The summed E-state index contributed by atoms with van der Waals surface area (Å²) in [5.41, 5.74) is 2.15. The first-order valence-electron chi connectivity index (χ1n) is 5.56. The van der Waals surface area contributed by atoms with E-state index in [1.165, 1.54) is 5.56 Å². The van der Waals surface area contributed by atoms with E-state index >= 15 is 0 Å². The second-order valence-electron chi connectivity index (χ2n) is 3.89. The zero-order valence-electron chi connectivity index (χ0n) is 9.68. The fraction of sp³-hybridized carbons (Fsp3) is 0.308. The van der Waals surface area contributed by atoms with E-state index in [0.717, 1.165) is 12.0 Å². The van der Waals surface area contributed by atoms with Crippen molar-refractivity contribution < 1.29 is 4.52 Å². The minimum absolute atomic E-state index is 0.516. The molecule has 0 N–H and O–H groups in total. The maximum atomic E-state index is 8.44. The van der Waals surface area contributed by atoms with E-state index < -0.39 is 0 Å². The van der Waals surface area contributed by atoms with Gasteiger partial charge in [0.2, 0.25) is 11.7 Å². The number of aryl methyl sites for hydroxylation is 2. The van der Waals surface area contributed by atoms with Gasteiger partial charge in [0.1, 0.15) is 0 Å². The van der Waals surface area contributed by atoms with Crippen LogP contribution in [0.1, 0.15) is 24.3 Å². The average Bonchev–Trinajstić information content (AvgIpc) is 2.79. The molecule has 0 unspecified atom stereocenters. The molecule has 0 spiro atoms. The zero-order valence-corrected chi connectivity index (χ0v) is 9.68. The molecular weight excluding hydrogens is 214 g/mol. The Bertz CT molecular complexity index is 522. The molecule has 4 heteroatoms. The lowest BCUT2D eigenvalue weighted by atomic mass is 10.1. The van der Waals surface area contributed by atoms with E-state index in [0.29, 0.717) is 24.6 Å². The Hall–Kier alpha value is -2.15. The predicted octanol–water partition coefficient (Wildman–Crippen LogP) is 2.89. The van der Waals surface area contributed by atoms with Crippen molar-refractivity contribution in [3.05, 3.63) is 35.7 Å². The fourth-order valence-corrected chi connectivity index (χ4v) is 1.49. The lowest BCUT2D eigenvalue weighted by molar-refractivity contribution is 0.376. The quantitative estimate of drug-likeness (QED) is 0.753. The highest BCUT2D eigenvalue weighted by Crippen LogP contribution is 2.16. The van der Waals surface area contributed by atoms with Crippen molar-refractivity contribution in [2.75, 3.05) is 0 Å². The Kier molecular flexibility index (Phi) is 3.51. The first kappa shape index (κ1) is 11.3. The van der Waals surface area contributed by atoms with Crippen LogP contribution >= 0.6 is 0 Å². The van der Waals surface area contributed by atoms with Crippen LogP contribution in [-0.4, -0.2) is 10.1 Å². The molecule has 2 aromatic rings. The monoisotopic (exact) mass is 227 g/mol. The largest absolute Gasteiger partial charge is 0.339 e. The predicted molar refractivity (Wildman–Crippen MR) is 63.0 cm³/mol. The van der Waals surface area contributed by atoms with E-state index in [4.69, 9.17) is 9.78 Å². The van der Waals surface area contributed by atoms with Crippen molar-refractivity contribution in [2.45, 2.75) is 26.2 Å². The number of nitrogens with zero attached hydrogens (tertiary/aromatic N) is 3. The van der Waals surface area contributed by atoms with E-state index in [1.807, 2.05) is 31.2 Å². The smallest absolute Gasteiger partial charge is 0.226 e. The van der Waals surface area contributed by atoms with Gasteiger partial charge in [-0.3, -0.25) is 0 Å². The molecule has 1 aromatic heterocycles. The topological polar surface area (TPSA) is 62.7 Å². The summed E-state index contributed by atoms with van der Waals surface area (Å²) in [6, 6.07) is 10.1. The van der Waals surface area contributed by atoms with Crippen LogP contribution in [0.2, 0.25) is 0 Å². The maximum absolute atomic E-state index is 8.44. The van der Waals surface area contributed by atoms with Crippen molar-refractivity contribution in [3.8, 4) is 17.5 Å². The Morgan fingerprint density at radius 2 is 2.06 bits per heavy atom. The highest BCUT2D eigenvalue weighted by Gasteiger charge is 2.07. The second-order valence-corrected chi connectivity index (χ2v) is 3.89. The molecule has 0 saturated heterocycles. The van der Waals surface area contributed by atoms with Crippen LogP contribution in [-0.2, 0) is 6.42 Å². The molecule has 0 aliphatic carbocycles. The number of unbranched alkanes of at least 4 members (excludes halogenated alkanes) is 1. The lowest BCUT2D eigenvalue weighted by Gasteiger charge is -1.94. The third-order valence-corrected chi connectivity index (χ3v) is 2.46. The summed E-state index contributed by atoms with van der Waals surface area (Å²) in [6.45, 7) is 2.04. The Morgan fingerprint density at radius 3 is 2.76 bits per heavy atom. The van der Waals surface area contributed by atoms with Gasteiger partial charge in [0, 0.05) is 18.4 Å². The number of nitriles is 1. The van der Waals surface area contributed by atoms with Crippen LogP contribution in [0.15, 0.2) is 28.8 Å². The fourth-order valence-electron chi connectivity index (χ4n) is 1.49. The van der Waals surface area contributed by atoms with Gasteiger partial charge in [0.25, 0.3) is 0 Å². The summed E-state index contributed by atoms with van der Waals surface area (Å²) in [6.07, 6.45) is 1.93. The second kappa shape index (κ2) is 5.26. The molecule has 17 heavy (non-hydrogen) atoms. The number of rotatable bonds is 4. The first-order chi connectivity index (χ1) is 8.29. The first-order valence-corrected chi connectivity index (χ1v) is 5.56. The van der Waals surface area contributed by atoms with Crippen molar-refractivity contribution in [2.24, 2.45) is 0 Å². The Balaban J connectivity index is 2.08.